The number of nitrogens with zero attached hydrogens (tertiary/aromatic N) is 2. The number of amides is 1. The zero-order chi connectivity index (χ0) is 16.3. The maximum absolute atomic E-state index is 13.1. The van der Waals surface area contributed by atoms with E-state index >= 15 is 0 Å². The van der Waals surface area contributed by atoms with E-state index in [1.165, 1.54) is 44.1 Å². The summed E-state index contributed by atoms with van der Waals surface area (Å²) in [7, 11) is 1.94. The van der Waals surface area contributed by atoms with E-state index < -0.39 is 0 Å². The molecule has 5 aliphatic rings. The van der Waals surface area contributed by atoms with Crippen LogP contribution in [-0.2, 0) is 11.8 Å². The molecule has 2 N–H and O–H groups in total. The van der Waals surface area contributed by atoms with Crippen molar-refractivity contribution in [2.24, 2.45) is 30.7 Å². The maximum Gasteiger partial charge on any atom is 0.225 e. The van der Waals surface area contributed by atoms with E-state index in [2.05, 4.69) is 21.9 Å². The standard InChI is InChI=1S/C19H28N4O.ClH/c1-23-11-15(8-21-23)16-9-20-10-17(16)18(24)22-19-5-12-2-13(6-19)4-14(3-12)7-19;/h8,11-14,16-17,20H,2-7,9-10H2,1H3,(H,22,24);1H/t12?,13?,14?,16-,17+,19?;/m1./s1. The molecule has 2 atom stereocenters. The molecule has 1 aromatic rings. The Balaban J connectivity index is 0.00000157. The summed E-state index contributed by atoms with van der Waals surface area (Å²) in [5.74, 6) is 3.18. The number of hydrogen-bond donors (Lipinski definition) is 2. The Morgan fingerprint density at radius 2 is 1.84 bits per heavy atom. The molecular weight excluding hydrogens is 336 g/mol. The lowest BCUT2D eigenvalue weighted by Crippen LogP contribution is -2.61. The van der Waals surface area contributed by atoms with Gasteiger partial charge in [-0.05, 0) is 61.8 Å². The Hall–Kier alpha value is -1.07. The number of aromatic nitrogens is 2. The van der Waals surface area contributed by atoms with Crippen molar-refractivity contribution in [3.05, 3.63) is 18.0 Å². The van der Waals surface area contributed by atoms with Crippen molar-refractivity contribution in [1.29, 1.82) is 0 Å². The molecule has 138 valence electrons. The van der Waals surface area contributed by atoms with E-state index in [0.717, 1.165) is 30.8 Å². The Morgan fingerprint density at radius 1 is 1.20 bits per heavy atom. The fourth-order valence-electron chi connectivity index (χ4n) is 6.55. The van der Waals surface area contributed by atoms with Crippen molar-refractivity contribution in [2.45, 2.75) is 50.0 Å². The summed E-state index contributed by atoms with van der Waals surface area (Å²) in [5, 5.41) is 11.3. The second kappa shape index (κ2) is 6.27. The number of hydrogen-bond acceptors (Lipinski definition) is 3. The number of carbonyl (C=O) groups excluding carboxylic acids is 1. The molecule has 4 saturated carbocycles. The topological polar surface area (TPSA) is 59.0 Å². The van der Waals surface area contributed by atoms with Gasteiger partial charge in [0.15, 0.2) is 0 Å². The van der Waals surface area contributed by atoms with Gasteiger partial charge in [0.25, 0.3) is 0 Å². The third-order valence-corrected chi connectivity index (χ3v) is 7.13. The van der Waals surface area contributed by atoms with E-state index in [-0.39, 0.29) is 35.7 Å². The molecular formula is C19H29ClN4O. The Morgan fingerprint density at radius 3 is 2.40 bits per heavy atom. The van der Waals surface area contributed by atoms with Crippen LogP contribution in [0.4, 0.5) is 0 Å². The lowest BCUT2D eigenvalue weighted by Gasteiger charge is -2.57. The lowest BCUT2D eigenvalue weighted by molar-refractivity contribution is -0.130. The monoisotopic (exact) mass is 364 g/mol. The molecule has 0 aromatic carbocycles. The molecule has 4 bridgehead atoms. The summed E-state index contributed by atoms with van der Waals surface area (Å²) in [6.45, 7) is 1.67. The van der Waals surface area contributed by atoms with Crippen LogP contribution in [0, 0.1) is 23.7 Å². The van der Waals surface area contributed by atoms with Crippen molar-refractivity contribution in [3.63, 3.8) is 0 Å². The summed E-state index contributed by atoms with van der Waals surface area (Å²) in [5.41, 5.74) is 1.31. The fraction of sp³-hybridized carbons (Fsp3) is 0.789. The smallest absolute Gasteiger partial charge is 0.225 e. The molecule has 1 aliphatic heterocycles. The second-order valence-corrected chi connectivity index (χ2v) is 9.01. The number of aryl methyl sites for hydroxylation is 1. The van der Waals surface area contributed by atoms with E-state index in [4.69, 9.17) is 0 Å². The summed E-state index contributed by atoms with van der Waals surface area (Å²) in [6, 6.07) is 0. The van der Waals surface area contributed by atoms with Crippen molar-refractivity contribution in [2.75, 3.05) is 13.1 Å². The number of halogens is 1. The third kappa shape index (κ3) is 2.99. The van der Waals surface area contributed by atoms with Crippen LogP contribution in [-0.4, -0.2) is 34.3 Å². The average molecular weight is 365 g/mol. The van der Waals surface area contributed by atoms with Crippen LogP contribution in [0.15, 0.2) is 12.4 Å². The van der Waals surface area contributed by atoms with Crippen LogP contribution >= 0.6 is 12.4 Å². The van der Waals surface area contributed by atoms with Gasteiger partial charge in [-0.15, -0.1) is 12.4 Å². The molecule has 5 nitrogen and oxygen atoms in total. The molecule has 1 aromatic heterocycles. The molecule has 0 spiro atoms. The largest absolute Gasteiger partial charge is 0.350 e. The normalized spacial score (nSPS) is 41.6. The van der Waals surface area contributed by atoms with Gasteiger partial charge in [0.1, 0.15) is 0 Å². The molecule has 4 aliphatic carbocycles. The number of rotatable bonds is 3. The predicted octanol–water partition coefficient (Wildman–Crippen LogP) is 2.23. The first-order valence-corrected chi connectivity index (χ1v) is 9.61. The van der Waals surface area contributed by atoms with Crippen LogP contribution in [0.5, 0.6) is 0 Å². The first-order valence-electron chi connectivity index (χ1n) is 9.61. The minimum atomic E-state index is 0. The van der Waals surface area contributed by atoms with Gasteiger partial charge in [0.05, 0.1) is 12.1 Å². The van der Waals surface area contributed by atoms with Gasteiger partial charge in [-0.3, -0.25) is 9.48 Å². The highest BCUT2D eigenvalue weighted by molar-refractivity contribution is 5.85. The van der Waals surface area contributed by atoms with Crippen molar-refractivity contribution in [1.82, 2.24) is 20.4 Å². The molecule has 0 unspecified atom stereocenters. The third-order valence-electron chi connectivity index (χ3n) is 7.13. The SMILES string of the molecule is Cl.Cn1cc([C@H]2CNC[C@@H]2C(=O)NC23CC4CC(CC(C4)C2)C3)cn1. The van der Waals surface area contributed by atoms with Crippen LogP contribution in [0.2, 0.25) is 0 Å². The fourth-order valence-corrected chi connectivity index (χ4v) is 6.55. The van der Waals surface area contributed by atoms with Gasteiger partial charge >= 0.3 is 0 Å². The van der Waals surface area contributed by atoms with Crippen molar-refractivity contribution >= 4 is 18.3 Å². The van der Waals surface area contributed by atoms with Crippen LogP contribution in [0.3, 0.4) is 0 Å². The molecule has 0 radical (unpaired) electrons. The first kappa shape index (κ1) is 17.3. The number of nitrogens with one attached hydrogen (secondary N) is 2. The summed E-state index contributed by atoms with van der Waals surface area (Å²) in [6.07, 6.45) is 11.9. The van der Waals surface area contributed by atoms with Gasteiger partial charge in [-0.2, -0.15) is 5.10 Å². The van der Waals surface area contributed by atoms with Crippen molar-refractivity contribution in [3.8, 4) is 0 Å². The van der Waals surface area contributed by atoms with Gasteiger partial charge in [0.2, 0.25) is 5.91 Å². The Bertz CT molecular complexity index is 622. The quantitative estimate of drug-likeness (QED) is 0.864. The first-order chi connectivity index (χ1) is 11.6. The Labute approximate surface area is 155 Å². The average Bonchev–Trinajstić information content (AvgIpc) is 3.13. The highest BCUT2D eigenvalue weighted by atomic mass is 35.5. The van der Waals surface area contributed by atoms with Gasteiger partial charge in [-0.1, -0.05) is 0 Å². The lowest BCUT2D eigenvalue weighted by atomic mass is 9.53. The summed E-state index contributed by atoms with van der Waals surface area (Å²) < 4.78 is 1.84. The second-order valence-electron chi connectivity index (χ2n) is 9.01. The molecule has 1 amide bonds. The van der Waals surface area contributed by atoms with E-state index in [9.17, 15) is 4.79 Å². The molecule has 6 heteroatoms. The Kier molecular flexibility index (Phi) is 4.35. The molecule has 5 fully saturated rings. The molecule has 6 rings (SSSR count). The number of carbonyl (C=O) groups is 1. The van der Waals surface area contributed by atoms with Crippen LogP contribution in [0.1, 0.15) is 50.0 Å². The minimum Gasteiger partial charge on any atom is -0.350 e. The van der Waals surface area contributed by atoms with E-state index in [1.54, 1.807) is 0 Å². The van der Waals surface area contributed by atoms with Crippen molar-refractivity contribution < 1.29 is 4.79 Å². The van der Waals surface area contributed by atoms with Gasteiger partial charge in [0, 0.05) is 37.8 Å². The van der Waals surface area contributed by atoms with Crippen LogP contribution < -0.4 is 10.6 Å². The van der Waals surface area contributed by atoms with Gasteiger partial charge in [-0.25, -0.2) is 0 Å². The molecule has 2 heterocycles. The van der Waals surface area contributed by atoms with Crippen LogP contribution in [0.25, 0.3) is 0 Å². The highest BCUT2D eigenvalue weighted by Gasteiger charge is 2.52. The minimum absolute atomic E-state index is 0. The maximum atomic E-state index is 13.1. The highest BCUT2D eigenvalue weighted by Crippen LogP contribution is 2.55. The van der Waals surface area contributed by atoms with Gasteiger partial charge < -0.3 is 10.6 Å². The summed E-state index contributed by atoms with van der Waals surface area (Å²) in [4.78, 5) is 13.1. The predicted molar refractivity (Wildman–Crippen MR) is 98.6 cm³/mol. The van der Waals surface area contributed by atoms with E-state index in [0.29, 0.717) is 0 Å². The zero-order valence-electron chi connectivity index (χ0n) is 14.9. The molecule has 25 heavy (non-hydrogen) atoms. The van der Waals surface area contributed by atoms with E-state index in [1.807, 2.05) is 17.9 Å². The summed E-state index contributed by atoms with van der Waals surface area (Å²) >= 11 is 0. The zero-order valence-corrected chi connectivity index (χ0v) is 15.7. The molecule has 1 saturated heterocycles.